The van der Waals surface area contributed by atoms with Gasteiger partial charge in [-0.3, -0.25) is 4.79 Å². The molecule has 1 aliphatic rings. The first-order valence-corrected chi connectivity index (χ1v) is 9.62. The maximum absolute atomic E-state index is 12.3. The topological polar surface area (TPSA) is 72.1 Å². The van der Waals surface area contributed by atoms with Crippen LogP contribution < -0.4 is 0 Å². The molecule has 1 aliphatic heterocycles. The van der Waals surface area contributed by atoms with Crippen molar-refractivity contribution in [3.8, 4) is 10.8 Å². The summed E-state index contributed by atoms with van der Waals surface area (Å²) in [7, 11) is 0. The van der Waals surface area contributed by atoms with Crippen LogP contribution in [0.2, 0.25) is 0 Å². The summed E-state index contributed by atoms with van der Waals surface area (Å²) in [5.74, 6) is 0.988. The maximum atomic E-state index is 12.3. The van der Waals surface area contributed by atoms with Crippen LogP contribution >= 0.6 is 23.1 Å². The number of hydrogen-bond donors (Lipinski definition) is 0. The lowest BCUT2D eigenvalue weighted by Gasteiger charge is -2.19. The van der Waals surface area contributed by atoms with Crippen molar-refractivity contribution >= 4 is 29.0 Å². The van der Waals surface area contributed by atoms with E-state index < -0.39 is 0 Å². The van der Waals surface area contributed by atoms with Gasteiger partial charge in [0.15, 0.2) is 0 Å². The summed E-state index contributed by atoms with van der Waals surface area (Å²) in [6, 6.07) is 0. The molecule has 3 heterocycles. The molecular weight excluding hydrogens is 332 g/mol. The smallest absolute Gasteiger partial charge is 0.277 e. The molecule has 0 radical (unpaired) electrons. The molecule has 3 rings (SSSR count). The molecule has 0 unspecified atom stereocenters. The fraction of sp³-hybridized carbons (Fsp3) is 0.600. The number of thiazole rings is 1. The van der Waals surface area contributed by atoms with Crippen LogP contribution in [0.25, 0.3) is 10.8 Å². The van der Waals surface area contributed by atoms with Crippen LogP contribution in [0.3, 0.4) is 0 Å². The Bertz CT molecular complexity index is 675. The second-order valence-corrected chi connectivity index (χ2v) is 7.73. The summed E-state index contributed by atoms with van der Waals surface area (Å²) in [4.78, 5) is 19.5. The molecule has 0 N–H and O–H groups in total. The van der Waals surface area contributed by atoms with Gasteiger partial charge < -0.3 is 9.32 Å². The number of nitrogens with zero attached hydrogens (tertiary/aromatic N) is 4. The van der Waals surface area contributed by atoms with Crippen molar-refractivity contribution in [2.75, 3.05) is 18.8 Å². The zero-order valence-electron chi connectivity index (χ0n) is 13.4. The zero-order chi connectivity index (χ0) is 16.2. The molecule has 0 aromatic carbocycles. The third-order valence-electron chi connectivity index (χ3n) is 3.78. The first-order chi connectivity index (χ1) is 11.1. The molecule has 1 saturated heterocycles. The number of amides is 1. The third kappa shape index (κ3) is 4.11. The lowest BCUT2D eigenvalue weighted by molar-refractivity contribution is -0.128. The SMILES string of the molecule is Cc1nc(C)c(-c2nnc(SCC(=O)N3CCCCCC3)o2)s1. The summed E-state index contributed by atoms with van der Waals surface area (Å²) in [5.41, 5.74) is 0.897. The molecule has 8 heteroatoms. The molecule has 1 fully saturated rings. The highest BCUT2D eigenvalue weighted by atomic mass is 32.2. The molecule has 0 atom stereocenters. The molecule has 6 nitrogen and oxygen atoms in total. The van der Waals surface area contributed by atoms with Crippen molar-refractivity contribution in [2.45, 2.75) is 44.8 Å². The van der Waals surface area contributed by atoms with Gasteiger partial charge in [-0.15, -0.1) is 21.5 Å². The van der Waals surface area contributed by atoms with Crippen molar-refractivity contribution in [1.82, 2.24) is 20.1 Å². The van der Waals surface area contributed by atoms with Gasteiger partial charge in [0.25, 0.3) is 11.1 Å². The number of aromatic nitrogens is 3. The summed E-state index contributed by atoms with van der Waals surface area (Å²) >= 11 is 2.85. The van der Waals surface area contributed by atoms with Crippen LogP contribution in [0.15, 0.2) is 9.64 Å². The Morgan fingerprint density at radius 1 is 1.22 bits per heavy atom. The molecule has 2 aromatic heterocycles. The van der Waals surface area contributed by atoms with Crippen LogP contribution in [0.5, 0.6) is 0 Å². The van der Waals surface area contributed by atoms with Gasteiger partial charge in [0, 0.05) is 13.1 Å². The second kappa shape index (κ2) is 7.44. The molecule has 124 valence electrons. The van der Waals surface area contributed by atoms with Gasteiger partial charge in [-0.25, -0.2) is 4.98 Å². The second-order valence-electron chi connectivity index (χ2n) is 5.60. The van der Waals surface area contributed by atoms with Crippen molar-refractivity contribution in [3.63, 3.8) is 0 Å². The van der Waals surface area contributed by atoms with Crippen LogP contribution in [-0.4, -0.2) is 44.8 Å². The Morgan fingerprint density at radius 2 is 1.96 bits per heavy atom. The molecular formula is C15H20N4O2S2. The van der Waals surface area contributed by atoms with E-state index in [9.17, 15) is 4.79 Å². The normalized spacial score (nSPS) is 15.7. The molecule has 0 bridgehead atoms. The largest absolute Gasteiger partial charge is 0.410 e. The van der Waals surface area contributed by atoms with Crippen molar-refractivity contribution in [3.05, 3.63) is 10.7 Å². The van der Waals surface area contributed by atoms with Gasteiger partial charge in [-0.05, 0) is 26.7 Å². The standard InChI is InChI=1S/C15H20N4O2S2/c1-10-13(23-11(2)16-10)14-17-18-15(21-14)22-9-12(20)19-7-5-3-4-6-8-19/h3-9H2,1-2H3. The highest BCUT2D eigenvalue weighted by Gasteiger charge is 2.19. The van der Waals surface area contributed by atoms with Crippen molar-refractivity contribution in [1.29, 1.82) is 0 Å². The minimum atomic E-state index is 0.154. The quantitative estimate of drug-likeness (QED) is 0.786. The van der Waals surface area contributed by atoms with Gasteiger partial charge >= 0.3 is 0 Å². The molecule has 23 heavy (non-hydrogen) atoms. The summed E-state index contributed by atoms with van der Waals surface area (Å²) in [6.45, 7) is 5.62. The monoisotopic (exact) mass is 352 g/mol. The molecule has 2 aromatic rings. The molecule has 0 spiro atoms. The van der Waals surface area contributed by atoms with E-state index >= 15 is 0 Å². The number of carbonyl (C=O) groups is 1. The zero-order valence-corrected chi connectivity index (χ0v) is 15.0. The summed E-state index contributed by atoms with van der Waals surface area (Å²) in [5, 5.41) is 9.52. The van der Waals surface area contributed by atoms with Gasteiger partial charge in [0.05, 0.1) is 16.5 Å². The summed E-state index contributed by atoms with van der Waals surface area (Å²) < 4.78 is 5.67. The van der Waals surface area contributed by atoms with Crippen molar-refractivity contribution in [2.24, 2.45) is 0 Å². The van der Waals surface area contributed by atoms with Gasteiger partial charge in [-0.2, -0.15) is 0 Å². The molecule has 1 amide bonds. The lowest BCUT2D eigenvalue weighted by atomic mass is 10.2. The van der Waals surface area contributed by atoms with Gasteiger partial charge in [0.2, 0.25) is 5.91 Å². The van der Waals surface area contributed by atoms with E-state index in [1.807, 2.05) is 18.7 Å². The van der Waals surface area contributed by atoms with Crippen LogP contribution in [-0.2, 0) is 4.79 Å². The average Bonchev–Trinajstić information content (AvgIpc) is 3.01. The maximum Gasteiger partial charge on any atom is 0.277 e. The summed E-state index contributed by atoms with van der Waals surface area (Å²) in [6.07, 6.45) is 4.64. The number of rotatable bonds is 4. The van der Waals surface area contributed by atoms with E-state index in [0.717, 1.165) is 41.5 Å². The number of aryl methyl sites for hydroxylation is 2. The van der Waals surface area contributed by atoms with Crippen molar-refractivity contribution < 1.29 is 9.21 Å². The predicted octanol–water partition coefficient (Wildman–Crippen LogP) is 3.30. The number of hydrogen-bond acceptors (Lipinski definition) is 7. The van der Waals surface area contributed by atoms with E-state index in [4.69, 9.17) is 4.42 Å². The third-order valence-corrected chi connectivity index (χ3v) is 5.65. The van der Waals surface area contributed by atoms with E-state index in [1.54, 1.807) is 0 Å². The number of thioether (sulfide) groups is 1. The Kier molecular flexibility index (Phi) is 5.32. The lowest BCUT2D eigenvalue weighted by Crippen LogP contribution is -2.33. The van der Waals surface area contributed by atoms with Crippen LogP contribution in [0.1, 0.15) is 36.4 Å². The van der Waals surface area contributed by atoms with E-state index in [1.165, 1.54) is 35.9 Å². The van der Waals surface area contributed by atoms with E-state index in [-0.39, 0.29) is 5.91 Å². The average molecular weight is 352 g/mol. The van der Waals surface area contributed by atoms with Gasteiger partial charge in [0.1, 0.15) is 4.88 Å². The highest BCUT2D eigenvalue weighted by molar-refractivity contribution is 7.99. The first-order valence-electron chi connectivity index (χ1n) is 7.82. The number of carbonyl (C=O) groups excluding carboxylic acids is 1. The Morgan fingerprint density at radius 3 is 2.61 bits per heavy atom. The highest BCUT2D eigenvalue weighted by Crippen LogP contribution is 2.30. The fourth-order valence-corrected chi connectivity index (χ4v) is 4.13. The minimum absolute atomic E-state index is 0.154. The van der Waals surface area contributed by atoms with Crippen LogP contribution in [0.4, 0.5) is 0 Å². The predicted molar refractivity (Wildman–Crippen MR) is 90.7 cm³/mol. The fourth-order valence-electron chi connectivity index (χ4n) is 2.62. The number of likely N-dealkylation sites (tertiary alicyclic amines) is 1. The van der Waals surface area contributed by atoms with E-state index in [0.29, 0.717) is 16.9 Å². The molecule has 0 saturated carbocycles. The van der Waals surface area contributed by atoms with Gasteiger partial charge in [-0.1, -0.05) is 24.6 Å². The Balaban J connectivity index is 1.58. The van der Waals surface area contributed by atoms with Crippen LogP contribution in [0, 0.1) is 13.8 Å². The first kappa shape index (κ1) is 16.4. The minimum Gasteiger partial charge on any atom is -0.410 e. The Hall–Kier alpha value is -1.41. The van der Waals surface area contributed by atoms with E-state index in [2.05, 4.69) is 15.2 Å². The Labute approximate surface area is 143 Å². The molecule has 0 aliphatic carbocycles.